The van der Waals surface area contributed by atoms with Crippen molar-refractivity contribution < 1.29 is 35.9 Å². The minimum absolute atomic E-state index is 0.0807. The third kappa shape index (κ3) is 3.58. The molecule has 30 heavy (non-hydrogen) atoms. The standard InChI is InChI=1S/C19H12F6N2O3/c1-30-17(29)14-15(26)12-7-4-10(19(23,24)25)8-13(12)27(16(14)28)11-5-2-9(3-6-11)18(20,21)22/h2-8H,26H2,1H3. The molecule has 3 aromatic rings. The zero-order valence-electron chi connectivity index (χ0n) is 15.1. The van der Waals surface area contributed by atoms with Gasteiger partial charge in [-0.1, -0.05) is 6.07 Å². The van der Waals surface area contributed by atoms with E-state index in [2.05, 4.69) is 4.74 Å². The minimum atomic E-state index is -4.76. The normalized spacial score (nSPS) is 12.2. The predicted octanol–water partition coefficient (Wildman–Crippen LogP) is 4.40. The Morgan fingerprint density at radius 1 is 0.933 bits per heavy atom. The van der Waals surface area contributed by atoms with Crippen LogP contribution in [0.2, 0.25) is 0 Å². The zero-order chi connectivity index (χ0) is 22.4. The third-order valence-electron chi connectivity index (χ3n) is 4.38. The molecule has 0 saturated carbocycles. The summed E-state index contributed by atoms with van der Waals surface area (Å²) in [6.45, 7) is 0. The van der Waals surface area contributed by atoms with E-state index in [0.29, 0.717) is 28.8 Å². The number of nitrogens with two attached hydrogens (primary N) is 1. The highest BCUT2D eigenvalue weighted by atomic mass is 19.4. The Morgan fingerprint density at radius 2 is 1.47 bits per heavy atom. The van der Waals surface area contributed by atoms with E-state index in [1.807, 2.05) is 0 Å². The van der Waals surface area contributed by atoms with Crippen LogP contribution in [0.5, 0.6) is 0 Å². The van der Waals surface area contributed by atoms with Crippen LogP contribution in [-0.4, -0.2) is 17.6 Å². The van der Waals surface area contributed by atoms with E-state index >= 15 is 0 Å². The molecule has 0 saturated heterocycles. The highest BCUT2D eigenvalue weighted by molar-refractivity contribution is 6.04. The molecule has 3 rings (SSSR count). The van der Waals surface area contributed by atoms with Gasteiger partial charge < -0.3 is 10.5 Å². The van der Waals surface area contributed by atoms with Crippen molar-refractivity contribution >= 4 is 22.6 Å². The van der Waals surface area contributed by atoms with Gasteiger partial charge in [0.25, 0.3) is 5.56 Å². The van der Waals surface area contributed by atoms with Crippen LogP contribution in [0.25, 0.3) is 16.6 Å². The van der Waals surface area contributed by atoms with Crippen molar-refractivity contribution in [2.45, 2.75) is 12.4 Å². The summed E-state index contributed by atoms with van der Waals surface area (Å²) in [5.74, 6) is -1.14. The summed E-state index contributed by atoms with van der Waals surface area (Å²) in [5, 5.41) is -0.0807. The van der Waals surface area contributed by atoms with Crippen molar-refractivity contribution in [3.63, 3.8) is 0 Å². The number of nitrogens with zero attached hydrogens (tertiary/aromatic N) is 1. The average molecular weight is 430 g/mol. The van der Waals surface area contributed by atoms with E-state index in [4.69, 9.17) is 5.73 Å². The Morgan fingerprint density at radius 3 is 1.97 bits per heavy atom. The van der Waals surface area contributed by atoms with E-state index in [1.54, 1.807) is 0 Å². The number of halogens is 6. The fourth-order valence-electron chi connectivity index (χ4n) is 2.95. The van der Waals surface area contributed by atoms with Gasteiger partial charge >= 0.3 is 18.3 Å². The Hall–Kier alpha value is -3.50. The Balaban J connectivity index is 2.42. The summed E-state index contributed by atoms with van der Waals surface area (Å²) in [6, 6.07) is 5.44. The molecule has 5 nitrogen and oxygen atoms in total. The lowest BCUT2D eigenvalue weighted by Gasteiger charge is -2.17. The Bertz CT molecular complexity index is 1190. The molecule has 0 spiro atoms. The van der Waals surface area contributed by atoms with Crippen molar-refractivity contribution in [3.05, 3.63) is 69.5 Å². The molecule has 2 aromatic carbocycles. The lowest BCUT2D eigenvalue weighted by Crippen LogP contribution is -2.28. The molecule has 2 N–H and O–H groups in total. The van der Waals surface area contributed by atoms with Crippen molar-refractivity contribution in [1.29, 1.82) is 0 Å². The molecule has 0 aliphatic heterocycles. The molecule has 158 valence electrons. The van der Waals surface area contributed by atoms with E-state index in [0.717, 1.165) is 25.3 Å². The molecule has 0 radical (unpaired) electrons. The van der Waals surface area contributed by atoms with Crippen LogP contribution in [0, 0.1) is 0 Å². The number of carbonyl (C=O) groups excluding carboxylic acids is 1. The van der Waals surface area contributed by atoms with Crippen LogP contribution in [0.3, 0.4) is 0 Å². The summed E-state index contributed by atoms with van der Waals surface area (Å²) < 4.78 is 83.3. The summed E-state index contributed by atoms with van der Waals surface area (Å²) in [5.41, 5.74) is 0.992. The van der Waals surface area contributed by atoms with Crippen LogP contribution in [0.1, 0.15) is 21.5 Å². The van der Waals surface area contributed by atoms with Crippen molar-refractivity contribution in [3.8, 4) is 5.69 Å². The SMILES string of the molecule is COC(=O)c1c(N)c2ccc(C(F)(F)F)cc2n(-c2ccc(C(F)(F)F)cc2)c1=O. The summed E-state index contributed by atoms with van der Waals surface area (Å²) >= 11 is 0. The van der Waals surface area contributed by atoms with Crippen LogP contribution in [0.15, 0.2) is 47.3 Å². The zero-order valence-corrected chi connectivity index (χ0v) is 15.1. The molecular formula is C19H12F6N2O3. The number of ether oxygens (including phenoxy) is 1. The lowest BCUT2D eigenvalue weighted by molar-refractivity contribution is -0.138. The van der Waals surface area contributed by atoms with Gasteiger partial charge in [0.15, 0.2) is 0 Å². The van der Waals surface area contributed by atoms with Gasteiger partial charge in [-0.2, -0.15) is 26.3 Å². The number of pyridine rings is 1. The third-order valence-corrected chi connectivity index (χ3v) is 4.38. The molecule has 0 bridgehead atoms. The summed E-state index contributed by atoms with van der Waals surface area (Å²) in [6.07, 6.45) is -9.42. The van der Waals surface area contributed by atoms with Gasteiger partial charge in [-0.05, 0) is 36.4 Å². The molecule has 0 amide bonds. The smallest absolute Gasteiger partial charge is 0.416 e. The first kappa shape index (κ1) is 21.2. The number of hydrogen-bond donors (Lipinski definition) is 1. The van der Waals surface area contributed by atoms with Crippen LogP contribution in [0.4, 0.5) is 32.0 Å². The number of carbonyl (C=O) groups is 1. The predicted molar refractivity (Wildman–Crippen MR) is 95.3 cm³/mol. The topological polar surface area (TPSA) is 74.3 Å². The highest BCUT2D eigenvalue weighted by Gasteiger charge is 2.33. The van der Waals surface area contributed by atoms with Crippen molar-refractivity contribution in [2.24, 2.45) is 0 Å². The average Bonchev–Trinajstić information content (AvgIpc) is 2.66. The molecule has 11 heteroatoms. The fraction of sp³-hybridized carbons (Fsp3) is 0.158. The van der Waals surface area contributed by atoms with Gasteiger partial charge in [0, 0.05) is 11.1 Å². The number of esters is 1. The quantitative estimate of drug-likeness (QED) is 0.483. The summed E-state index contributed by atoms with van der Waals surface area (Å²) in [7, 11) is 0.973. The van der Waals surface area contributed by atoms with Gasteiger partial charge in [-0.25, -0.2) is 4.79 Å². The first-order chi connectivity index (χ1) is 13.9. The highest BCUT2D eigenvalue weighted by Crippen LogP contribution is 2.34. The number of anilines is 1. The second-order valence-corrected chi connectivity index (χ2v) is 6.20. The molecule has 0 aliphatic rings. The lowest BCUT2D eigenvalue weighted by atomic mass is 10.0. The molecule has 0 aliphatic carbocycles. The molecule has 0 fully saturated rings. The number of hydrogen-bond acceptors (Lipinski definition) is 4. The van der Waals surface area contributed by atoms with Gasteiger partial charge in [0.05, 0.1) is 29.4 Å². The monoisotopic (exact) mass is 430 g/mol. The van der Waals surface area contributed by atoms with E-state index in [1.165, 1.54) is 0 Å². The van der Waals surface area contributed by atoms with Crippen molar-refractivity contribution in [1.82, 2.24) is 4.57 Å². The minimum Gasteiger partial charge on any atom is -0.465 e. The van der Waals surface area contributed by atoms with Crippen LogP contribution in [-0.2, 0) is 17.1 Å². The van der Waals surface area contributed by atoms with E-state index in [-0.39, 0.29) is 16.6 Å². The number of fused-ring (bicyclic) bond motifs is 1. The number of nitrogen functional groups attached to an aromatic ring is 1. The number of alkyl halides is 6. The largest absolute Gasteiger partial charge is 0.465 e. The molecule has 1 heterocycles. The first-order valence-electron chi connectivity index (χ1n) is 8.17. The van der Waals surface area contributed by atoms with E-state index < -0.39 is 46.3 Å². The number of benzene rings is 2. The maximum Gasteiger partial charge on any atom is 0.416 e. The molecular weight excluding hydrogens is 418 g/mol. The van der Waals surface area contributed by atoms with Crippen molar-refractivity contribution in [2.75, 3.05) is 12.8 Å². The number of methoxy groups -OCH3 is 1. The fourth-order valence-corrected chi connectivity index (χ4v) is 2.95. The molecule has 0 unspecified atom stereocenters. The first-order valence-corrected chi connectivity index (χ1v) is 8.17. The number of aromatic nitrogens is 1. The van der Waals surface area contributed by atoms with Crippen LogP contribution < -0.4 is 11.3 Å². The molecule has 0 atom stereocenters. The van der Waals surface area contributed by atoms with Gasteiger partial charge in [-0.15, -0.1) is 0 Å². The van der Waals surface area contributed by atoms with E-state index in [9.17, 15) is 35.9 Å². The van der Waals surface area contributed by atoms with Crippen LogP contribution >= 0.6 is 0 Å². The summed E-state index contributed by atoms with van der Waals surface area (Å²) in [4.78, 5) is 25.0. The maximum absolute atomic E-state index is 13.2. The Kier molecular flexibility index (Phi) is 5.01. The number of rotatable bonds is 2. The van der Waals surface area contributed by atoms with Gasteiger partial charge in [0.1, 0.15) is 5.56 Å². The second-order valence-electron chi connectivity index (χ2n) is 6.20. The second kappa shape index (κ2) is 7.08. The maximum atomic E-state index is 13.2. The Labute approximate surface area is 164 Å². The molecule has 1 aromatic heterocycles. The van der Waals surface area contributed by atoms with Gasteiger partial charge in [0.2, 0.25) is 0 Å². The van der Waals surface area contributed by atoms with Gasteiger partial charge in [-0.3, -0.25) is 9.36 Å².